The lowest BCUT2D eigenvalue weighted by Crippen LogP contribution is -2.42. The van der Waals surface area contributed by atoms with Crippen molar-refractivity contribution in [2.45, 2.75) is 19.8 Å². The number of aryl methyl sites for hydroxylation is 1. The van der Waals surface area contributed by atoms with Gasteiger partial charge < -0.3 is 4.90 Å². The van der Waals surface area contributed by atoms with Crippen molar-refractivity contribution in [1.82, 2.24) is 14.3 Å². The Morgan fingerprint density at radius 2 is 2.19 bits per heavy atom. The number of thiazole rings is 1. The van der Waals surface area contributed by atoms with Crippen LogP contribution in [-0.4, -0.2) is 39.1 Å². The number of benzene rings is 1. The van der Waals surface area contributed by atoms with Gasteiger partial charge in [0.1, 0.15) is 5.69 Å². The van der Waals surface area contributed by atoms with Gasteiger partial charge in [0.25, 0.3) is 5.91 Å². The Morgan fingerprint density at radius 1 is 1.35 bits per heavy atom. The molecule has 1 aromatic carbocycles. The SMILES string of the molecule is Cc1cc(Cl)ccc1C(=O)C1CCCN(C(=O)c2cn3ccsc3n2)C1. The molecule has 4 rings (SSSR count). The highest BCUT2D eigenvalue weighted by molar-refractivity contribution is 7.15. The van der Waals surface area contributed by atoms with E-state index in [2.05, 4.69) is 4.98 Å². The number of imidazole rings is 1. The fraction of sp³-hybridized carbons (Fsp3) is 0.316. The van der Waals surface area contributed by atoms with Crippen molar-refractivity contribution < 1.29 is 9.59 Å². The minimum Gasteiger partial charge on any atom is -0.337 e. The predicted molar refractivity (Wildman–Crippen MR) is 102 cm³/mol. The second kappa shape index (κ2) is 6.85. The van der Waals surface area contributed by atoms with Gasteiger partial charge in [0, 0.05) is 47.4 Å². The first-order valence-electron chi connectivity index (χ1n) is 8.55. The summed E-state index contributed by atoms with van der Waals surface area (Å²) in [7, 11) is 0. The molecule has 5 nitrogen and oxygen atoms in total. The van der Waals surface area contributed by atoms with Crippen LogP contribution in [0.4, 0.5) is 0 Å². The summed E-state index contributed by atoms with van der Waals surface area (Å²) in [6.07, 6.45) is 5.25. The summed E-state index contributed by atoms with van der Waals surface area (Å²) in [6.45, 7) is 2.99. The number of nitrogens with zero attached hydrogens (tertiary/aromatic N) is 3. The normalized spacial score (nSPS) is 17.6. The van der Waals surface area contributed by atoms with Crippen molar-refractivity contribution in [3.8, 4) is 0 Å². The third-order valence-corrected chi connectivity index (χ3v) is 5.85. The molecule has 7 heteroatoms. The minimum atomic E-state index is -0.184. The summed E-state index contributed by atoms with van der Waals surface area (Å²) in [6, 6.07) is 5.33. The second-order valence-electron chi connectivity index (χ2n) is 6.63. The summed E-state index contributed by atoms with van der Waals surface area (Å²) in [4.78, 5) is 32.7. The first-order valence-corrected chi connectivity index (χ1v) is 9.80. The zero-order valence-electron chi connectivity index (χ0n) is 14.3. The smallest absolute Gasteiger partial charge is 0.274 e. The van der Waals surface area contributed by atoms with E-state index in [1.54, 1.807) is 29.3 Å². The molecule has 2 aromatic heterocycles. The zero-order chi connectivity index (χ0) is 18.3. The van der Waals surface area contributed by atoms with E-state index in [1.165, 1.54) is 11.3 Å². The number of rotatable bonds is 3. The molecule has 1 aliphatic rings. The average molecular weight is 388 g/mol. The van der Waals surface area contributed by atoms with Gasteiger partial charge in [-0.25, -0.2) is 4.98 Å². The Hall–Kier alpha value is -2.18. The number of hydrogen-bond acceptors (Lipinski definition) is 4. The number of fused-ring (bicyclic) bond motifs is 1. The number of hydrogen-bond donors (Lipinski definition) is 0. The molecular weight excluding hydrogens is 370 g/mol. The summed E-state index contributed by atoms with van der Waals surface area (Å²) in [5, 5.41) is 2.56. The number of likely N-dealkylation sites (tertiary alicyclic amines) is 1. The van der Waals surface area contributed by atoms with Gasteiger partial charge in [0.15, 0.2) is 10.7 Å². The van der Waals surface area contributed by atoms with Crippen molar-refractivity contribution in [2.75, 3.05) is 13.1 Å². The van der Waals surface area contributed by atoms with Crippen molar-refractivity contribution in [2.24, 2.45) is 5.92 Å². The van der Waals surface area contributed by atoms with Crippen molar-refractivity contribution in [1.29, 1.82) is 0 Å². The number of aromatic nitrogens is 2. The molecule has 0 bridgehead atoms. The molecule has 0 saturated carbocycles. The van der Waals surface area contributed by atoms with Crippen LogP contribution in [0.25, 0.3) is 4.96 Å². The Bertz CT molecular complexity index is 965. The quantitative estimate of drug-likeness (QED) is 0.636. The van der Waals surface area contributed by atoms with E-state index in [0.717, 1.165) is 23.4 Å². The minimum absolute atomic E-state index is 0.0856. The van der Waals surface area contributed by atoms with Crippen LogP contribution in [0.1, 0.15) is 39.3 Å². The third kappa shape index (κ3) is 3.15. The highest BCUT2D eigenvalue weighted by Crippen LogP contribution is 2.25. The average Bonchev–Trinajstić information content (AvgIpc) is 3.22. The number of piperidine rings is 1. The molecule has 0 N–H and O–H groups in total. The highest BCUT2D eigenvalue weighted by Gasteiger charge is 2.31. The number of amides is 1. The van der Waals surface area contributed by atoms with E-state index in [-0.39, 0.29) is 17.6 Å². The van der Waals surface area contributed by atoms with Crippen LogP contribution in [0, 0.1) is 12.8 Å². The molecule has 1 aliphatic heterocycles. The Labute approximate surface area is 160 Å². The maximum absolute atomic E-state index is 12.9. The van der Waals surface area contributed by atoms with Gasteiger partial charge in [-0.15, -0.1) is 11.3 Å². The molecule has 1 amide bonds. The number of carbonyl (C=O) groups is 2. The maximum atomic E-state index is 12.9. The molecule has 0 aliphatic carbocycles. The van der Waals surface area contributed by atoms with Crippen LogP contribution in [0.3, 0.4) is 0 Å². The summed E-state index contributed by atoms with van der Waals surface area (Å²) < 4.78 is 1.85. The lowest BCUT2D eigenvalue weighted by molar-refractivity contribution is 0.0632. The van der Waals surface area contributed by atoms with E-state index >= 15 is 0 Å². The first-order chi connectivity index (χ1) is 12.5. The fourth-order valence-electron chi connectivity index (χ4n) is 3.49. The van der Waals surface area contributed by atoms with Crippen LogP contribution in [0.2, 0.25) is 5.02 Å². The Morgan fingerprint density at radius 3 is 2.96 bits per heavy atom. The first kappa shape index (κ1) is 17.2. The summed E-state index contributed by atoms with van der Waals surface area (Å²) >= 11 is 7.49. The van der Waals surface area contributed by atoms with E-state index in [0.29, 0.717) is 29.4 Å². The monoisotopic (exact) mass is 387 g/mol. The second-order valence-corrected chi connectivity index (χ2v) is 7.94. The van der Waals surface area contributed by atoms with Gasteiger partial charge in [-0.3, -0.25) is 14.0 Å². The number of Topliss-reactive ketones (excluding diaryl/α,β-unsaturated/α-hetero) is 1. The van der Waals surface area contributed by atoms with Crippen LogP contribution in [-0.2, 0) is 0 Å². The molecule has 1 atom stereocenters. The van der Waals surface area contributed by atoms with Crippen LogP contribution in [0.15, 0.2) is 36.0 Å². The molecule has 134 valence electrons. The predicted octanol–water partition coefficient (Wildman–Crippen LogP) is 4.09. The standard InChI is InChI=1S/C19H18ClN3O2S/c1-12-9-14(20)4-5-15(12)17(24)13-3-2-6-22(10-13)18(25)16-11-23-7-8-26-19(23)21-16/h4-5,7-9,11,13H,2-3,6,10H2,1H3. The zero-order valence-corrected chi connectivity index (χ0v) is 15.9. The number of ketones is 1. The molecule has 1 fully saturated rings. The third-order valence-electron chi connectivity index (χ3n) is 4.85. The van der Waals surface area contributed by atoms with Crippen molar-refractivity contribution >= 4 is 39.6 Å². The molecular formula is C19H18ClN3O2S. The van der Waals surface area contributed by atoms with E-state index in [1.807, 2.05) is 22.9 Å². The number of halogens is 1. The fourth-order valence-corrected chi connectivity index (χ4v) is 4.42. The highest BCUT2D eigenvalue weighted by atomic mass is 35.5. The van der Waals surface area contributed by atoms with E-state index in [9.17, 15) is 9.59 Å². The summed E-state index contributed by atoms with van der Waals surface area (Å²) in [5.41, 5.74) is 2.00. The number of carbonyl (C=O) groups excluding carboxylic acids is 2. The lowest BCUT2D eigenvalue weighted by Gasteiger charge is -2.31. The van der Waals surface area contributed by atoms with Gasteiger partial charge in [-0.1, -0.05) is 11.6 Å². The molecule has 26 heavy (non-hydrogen) atoms. The topological polar surface area (TPSA) is 54.7 Å². The van der Waals surface area contributed by atoms with Gasteiger partial charge in [0.2, 0.25) is 0 Å². The van der Waals surface area contributed by atoms with Crippen LogP contribution >= 0.6 is 22.9 Å². The van der Waals surface area contributed by atoms with Crippen LogP contribution in [0.5, 0.6) is 0 Å². The molecule has 3 heterocycles. The van der Waals surface area contributed by atoms with Crippen molar-refractivity contribution in [3.63, 3.8) is 0 Å². The van der Waals surface area contributed by atoms with Crippen molar-refractivity contribution in [3.05, 3.63) is 57.8 Å². The summed E-state index contributed by atoms with van der Waals surface area (Å²) in [5.74, 6) is -0.204. The van der Waals surface area contributed by atoms with Gasteiger partial charge >= 0.3 is 0 Å². The van der Waals surface area contributed by atoms with Gasteiger partial charge in [-0.05, 0) is 43.5 Å². The molecule has 1 saturated heterocycles. The molecule has 3 aromatic rings. The molecule has 0 spiro atoms. The Balaban J connectivity index is 1.52. The Kier molecular flexibility index (Phi) is 4.54. The molecule has 0 radical (unpaired) electrons. The van der Waals surface area contributed by atoms with E-state index in [4.69, 9.17) is 11.6 Å². The van der Waals surface area contributed by atoms with Crippen LogP contribution < -0.4 is 0 Å². The largest absolute Gasteiger partial charge is 0.337 e. The lowest BCUT2D eigenvalue weighted by atomic mass is 9.88. The van der Waals surface area contributed by atoms with E-state index < -0.39 is 0 Å². The maximum Gasteiger partial charge on any atom is 0.274 e. The molecule has 1 unspecified atom stereocenters. The van der Waals surface area contributed by atoms with Gasteiger partial charge in [0.05, 0.1) is 0 Å². The van der Waals surface area contributed by atoms with Gasteiger partial charge in [-0.2, -0.15) is 0 Å².